The molecule has 4 aliphatic rings. The molecular formula is C64H94F2N6O4. The summed E-state index contributed by atoms with van der Waals surface area (Å²) < 4.78 is 42.5. The Morgan fingerprint density at radius 1 is 0.592 bits per heavy atom. The van der Waals surface area contributed by atoms with Gasteiger partial charge >= 0.3 is 12.2 Å². The second-order valence-electron chi connectivity index (χ2n) is 21.5. The van der Waals surface area contributed by atoms with Crippen molar-refractivity contribution < 1.29 is 27.8 Å². The Morgan fingerprint density at radius 2 is 1.08 bits per heavy atom. The van der Waals surface area contributed by atoms with Gasteiger partial charge in [-0.05, 0) is 173 Å². The number of amides is 2. The van der Waals surface area contributed by atoms with E-state index in [1.807, 2.05) is 144 Å². The van der Waals surface area contributed by atoms with Crippen molar-refractivity contribution in [3.8, 4) is 0 Å². The smallest absolute Gasteiger partial charge is 0.410 e. The van der Waals surface area contributed by atoms with Crippen LogP contribution in [0.4, 0.5) is 41.1 Å². The van der Waals surface area contributed by atoms with Gasteiger partial charge < -0.3 is 19.3 Å². The third-order valence-corrected chi connectivity index (χ3v) is 14.0. The van der Waals surface area contributed by atoms with Crippen LogP contribution in [0, 0.1) is 18.6 Å². The molecule has 4 saturated heterocycles. The summed E-state index contributed by atoms with van der Waals surface area (Å²) in [5, 5.41) is 0. The van der Waals surface area contributed by atoms with Crippen LogP contribution in [0.3, 0.4) is 0 Å². The fourth-order valence-corrected chi connectivity index (χ4v) is 10.5. The normalized spacial score (nSPS) is 19.1. The Balaban J connectivity index is 0.000000361. The Hall–Kier alpha value is -5.78. The lowest BCUT2D eigenvalue weighted by molar-refractivity contribution is 0.0255. The number of para-hydroxylation sites is 1. The number of carbonyl (C=O) groups is 2. The summed E-state index contributed by atoms with van der Waals surface area (Å²) in [6, 6.07) is 27.9. The predicted molar refractivity (Wildman–Crippen MR) is 315 cm³/mol. The topological polar surface area (TPSA) is 90.3 Å². The van der Waals surface area contributed by atoms with Crippen LogP contribution in [-0.2, 0) is 15.9 Å². The van der Waals surface area contributed by atoms with Crippen LogP contribution in [0.5, 0.6) is 0 Å². The largest absolute Gasteiger partial charge is 0.444 e. The maximum absolute atomic E-state index is 15.7. The summed E-state index contributed by atoms with van der Waals surface area (Å²) >= 11 is 0. The number of nitrogens with zero attached hydrogens (tertiary/aromatic N) is 6. The number of ether oxygens (including phenoxy) is 2. The number of carbonyl (C=O) groups excluding carboxylic acids is 2. The van der Waals surface area contributed by atoms with Crippen molar-refractivity contribution in [1.82, 2.24) is 9.80 Å². The molecule has 12 heteroatoms. The van der Waals surface area contributed by atoms with Gasteiger partial charge in [0, 0.05) is 49.8 Å². The molecule has 8 rings (SSSR count). The van der Waals surface area contributed by atoms with E-state index in [0.29, 0.717) is 31.2 Å². The molecule has 0 bridgehead atoms. The molecule has 3 atom stereocenters. The van der Waals surface area contributed by atoms with E-state index in [4.69, 9.17) is 19.5 Å². The number of likely N-dealkylation sites (tertiary alicyclic amines) is 2. The lowest BCUT2D eigenvalue weighted by Crippen LogP contribution is -2.42. The van der Waals surface area contributed by atoms with Crippen molar-refractivity contribution in [2.75, 3.05) is 42.5 Å². The van der Waals surface area contributed by atoms with E-state index in [-0.39, 0.29) is 36.0 Å². The van der Waals surface area contributed by atoms with Gasteiger partial charge in [-0.3, -0.25) is 19.8 Å². The fourth-order valence-electron chi connectivity index (χ4n) is 10.5. The van der Waals surface area contributed by atoms with Gasteiger partial charge in [0.1, 0.15) is 16.9 Å². The van der Waals surface area contributed by atoms with Crippen LogP contribution in [0.25, 0.3) is 0 Å². The number of hydrogen-bond donors (Lipinski definition) is 0. The molecule has 0 saturated carbocycles. The number of halogens is 2. The highest BCUT2D eigenvalue weighted by Crippen LogP contribution is 2.41. The number of aryl methyl sites for hydroxylation is 2. The van der Waals surface area contributed by atoms with Crippen LogP contribution < -0.4 is 9.80 Å². The molecule has 10 nitrogen and oxygen atoms in total. The molecule has 2 amide bonds. The lowest BCUT2D eigenvalue weighted by atomic mass is 9.89. The van der Waals surface area contributed by atoms with Crippen LogP contribution >= 0.6 is 0 Å². The maximum Gasteiger partial charge on any atom is 0.410 e. The number of benzene rings is 4. The molecule has 418 valence electrons. The molecule has 0 spiro atoms. The zero-order valence-electron chi connectivity index (χ0n) is 49.4. The minimum Gasteiger partial charge on any atom is -0.444 e. The number of aliphatic imine (C=N–C) groups is 2. The highest BCUT2D eigenvalue weighted by Gasteiger charge is 2.36. The Kier molecular flexibility index (Phi) is 24.5. The summed E-state index contributed by atoms with van der Waals surface area (Å²) in [6.45, 7) is 34.9. The van der Waals surface area contributed by atoms with Crippen LogP contribution in [0.2, 0.25) is 0 Å². The van der Waals surface area contributed by atoms with Crippen molar-refractivity contribution in [2.24, 2.45) is 9.98 Å². The summed E-state index contributed by atoms with van der Waals surface area (Å²) in [4.78, 5) is 42.6. The van der Waals surface area contributed by atoms with Crippen molar-refractivity contribution in [3.63, 3.8) is 0 Å². The second kappa shape index (κ2) is 29.7. The molecule has 2 unspecified atom stereocenters. The molecule has 4 heterocycles. The molecule has 0 aliphatic carbocycles. The van der Waals surface area contributed by atoms with Crippen molar-refractivity contribution in [3.05, 3.63) is 119 Å². The van der Waals surface area contributed by atoms with Gasteiger partial charge in [-0.1, -0.05) is 109 Å². The highest BCUT2D eigenvalue weighted by molar-refractivity contribution is 5.93. The van der Waals surface area contributed by atoms with Crippen molar-refractivity contribution >= 4 is 46.4 Å². The van der Waals surface area contributed by atoms with Gasteiger partial charge in [0.05, 0.1) is 29.5 Å². The van der Waals surface area contributed by atoms with E-state index in [1.165, 1.54) is 23.3 Å². The first-order valence-corrected chi connectivity index (χ1v) is 28.6. The van der Waals surface area contributed by atoms with Crippen LogP contribution in [0.1, 0.15) is 189 Å². The van der Waals surface area contributed by atoms with Crippen LogP contribution in [-0.4, -0.2) is 89.4 Å². The molecule has 4 aromatic carbocycles. The van der Waals surface area contributed by atoms with Gasteiger partial charge in [0.2, 0.25) is 0 Å². The molecule has 0 aromatic heterocycles. The summed E-state index contributed by atoms with van der Waals surface area (Å²) in [5.41, 5.74) is 8.08. The average Bonchev–Trinajstić information content (AvgIpc) is 4.22. The van der Waals surface area contributed by atoms with Gasteiger partial charge in [0.15, 0.2) is 11.6 Å². The number of hydrogen-bond acceptors (Lipinski definition) is 8. The predicted octanol–water partition coefficient (Wildman–Crippen LogP) is 17.3. The second-order valence-corrected chi connectivity index (χ2v) is 21.5. The maximum atomic E-state index is 15.7. The molecule has 4 fully saturated rings. The van der Waals surface area contributed by atoms with Crippen LogP contribution in [0.15, 0.2) is 94.9 Å². The number of rotatable bonds is 9. The van der Waals surface area contributed by atoms with E-state index < -0.39 is 22.8 Å². The monoisotopic (exact) mass is 1050 g/mol. The fraction of sp³-hybridized carbons (Fsp3) is 0.562. The molecule has 0 N–H and O–H groups in total. The molecule has 0 radical (unpaired) electrons. The van der Waals surface area contributed by atoms with Crippen molar-refractivity contribution in [1.29, 1.82) is 0 Å². The van der Waals surface area contributed by atoms with E-state index in [9.17, 15) is 9.59 Å². The van der Waals surface area contributed by atoms with E-state index in [1.54, 1.807) is 4.90 Å². The van der Waals surface area contributed by atoms with Gasteiger partial charge in [-0.25, -0.2) is 18.4 Å². The first-order chi connectivity index (χ1) is 36.3. The first-order valence-electron chi connectivity index (χ1n) is 28.6. The zero-order chi connectivity index (χ0) is 56.3. The molecule has 76 heavy (non-hydrogen) atoms. The average molecular weight is 1050 g/mol. The highest BCUT2D eigenvalue weighted by atomic mass is 19.1. The SMILES string of the molecule is CC.CC.CC.CC(=Nc1ccc(C2CCCN2c2cc(F)c(N3CCC(c4ccccc4)CC3)c(F)c2)cc1C)[C@@H]1CCCN1C(=O)OC(C)(C)C.CCc1ccccc1N=C(C)C1CCCN1C(=O)OC(C)(C)C. The summed E-state index contributed by atoms with van der Waals surface area (Å²) in [6.07, 6.45) is 7.75. The molecule has 4 aromatic rings. The van der Waals surface area contributed by atoms with Crippen molar-refractivity contribution in [2.45, 2.75) is 204 Å². The summed E-state index contributed by atoms with van der Waals surface area (Å²) in [5.74, 6) is -0.567. The van der Waals surface area contributed by atoms with Gasteiger partial charge in [0.25, 0.3) is 0 Å². The quantitative estimate of drug-likeness (QED) is 0.155. The minimum atomic E-state index is -0.546. The minimum absolute atomic E-state index is 0.0246. The summed E-state index contributed by atoms with van der Waals surface area (Å²) in [7, 11) is 0. The standard InChI is InChI=1S/C39H48F2N4O2.C19H28N2O2.3C2H6/c1-26-23-30(15-16-34(26)42-27(2)35-13-9-20-45(35)38(46)47-39(3,4)5)36-14-10-19-44(36)31-24-32(40)37(33(41)25-31)43-21-17-29(18-22-43)28-11-7-6-8-12-28;1-6-15-10-7-8-11-16(15)20-14(2)17-12-9-13-21(17)18(22)23-19(3,4)5;3*1-2/h6-8,11-12,15-16,23-25,29,35-36H,9-10,13-14,17-22H2,1-5H3;7-8,10-11,17H,6,9,12-13H2,1-5H3;3*1-2H3/t35-,36?;;;;/m0..../s1. The third kappa shape index (κ3) is 17.1. The zero-order valence-corrected chi connectivity index (χ0v) is 49.4. The molecular weight excluding hydrogens is 955 g/mol. The Labute approximate surface area is 457 Å². The number of anilines is 2. The third-order valence-electron chi connectivity index (χ3n) is 14.0. The van der Waals surface area contributed by atoms with Gasteiger partial charge in [-0.2, -0.15) is 0 Å². The van der Waals surface area contributed by atoms with Gasteiger partial charge in [-0.15, -0.1) is 0 Å². The Morgan fingerprint density at radius 3 is 1.58 bits per heavy atom. The van der Waals surface area contributed by atoms with E-state index >= 15 is 8.78 Å². The first kappa shape index (κ1) is 62.8. The van der Waals surface area contributed by atoms with E-state index in [0.717, 1.165) is 105 Å². The molecule has 4 aliphatic heterocycles. The number of piperidine rings is 1. The lowest BCUT2D eigenvalue weighted by Gasteiger charge is -2.35. The van der Waals surface area contributed by atoms with E-state index in [2.05, 4.69) is 54.3 Å². The Bertz CT molecular complexity index is 2490.